The van der Waals surface area contributed by atoms with Crippen molar-refractivity contribution >= 4 is 35.1 Å². The molecule has 2 aromatic carbocycles. The molecule has 2 aromatic rings. The van der Waals surface area contributed by atoms with Crippen molar-refractivity contribution in [2.45, 2.75) is 13.0 Å². The lowest BCUT2D eigenvalue weighted by Gasteiger charge is -2.39. The van der Waals surface area contributed by atoms with Crippen molar-refractivity contribution in [2.75, 3.05) is 31.6 Å². The number of urea groups is 1. The van der Waals surface area contributed by atoms with Gasteiger partial charge in [0.2, 0.25) is 5.91 Å². The Labute approximate surface area is 173 Å². The summed E-state index contributed by atoms with van der Waals surface area (Å²) in [5.74, 6) is 1.12. The molecule has 0 aromatic heterocycles. The van der Waals surface area contributed by atoms with Crippen LogP contribution < -0.4 is 15.0 Å². The molecule has 0 bridgehead atoms. The molecular weight excluding hydrogens is 392 g/mol. The van der Waals surface area contributed by atoms with Gasteiger partial charge in [0.05, 0.1) is 12.8 Å². The number of methoxy groups -OCH3 is 1. The molecule has 0 fully saturated rings. The fourth-order valence-corrected chi connectivity index (χ4v) is 3.69. The van der Waals surface area contributed by atoms with E-state index in [1.165, 1.54) is 4.90 Å². The van der Waals surface area contributed by atoms with Crippen molar-refractivity contribution in [1.29, 1.82) is 0 Å². The molecule has 2 aliphatic rings. The third-order valence-electron chi connectivity index (χ3n) is 4.94. The Bertz CT molecular complexity index is 992. The zero-order valence-electron chi connectivity index (χ0n) is 16.0. The SMILES string of the molecule is COc1cccc(CNC(=O)CN2C(=O)N3CCCN=C3c3ccc(Cl)cc32)c1. The van der Waals surface area contributed by atoms with Gasteiger partial charge in [-0.1, -0.05) is 23.7 Å². The van der Waals surface area contributed by atoms with E-state index in [0.29, 0.717) is 36.2 Å². The van der Waals surface area contributed by atoms with E-state index < -0.39 is 0 Å². The van der Waals surface area contributed by atoms with Crippen molar-refractivity contribution < 1.29 is 14.3 Å². The van der Waals surface area contributed by atoms with Crippen LogP contribution in [-0.2, 0) is 11.3 Å². The average molecular weight is 413 g/mol. The molecule has 2 aliphatic heterocycles. The van der Waals surface area contributed by atoms with Gasteiger partial charge in [0, 0.05) is 30.2 Å². The highest BCUT2D eigenvalue weighted by atomic mass is 35.5. The Morgan fingerprint density at radius 1 is 1.28 bits per heavy atom. The van der Waals surface area contributed by atoms with Gasteiger partial charge in [0.25, 0.3) is 0 Å². The summed E-state index contributed by atoms with van der Waals surface area (Å²) in [6, 6.07) is 12.5. The summed E-state index contributed by atoms with van der Waals surface area (Å²) in [5, 5.41) is 3.37. The number of aliphatic imine (C=N–C) groups is 1. The number of carbonyl (C=O) groups is 2. The first-order valence-corrected chi connectivity index (χ1v) is 9.77. The van der Waals surface area contributed by atoms with Crippen LogP contribution in [0, 0.1) is 0 Å². The van der Waals surface area contributed by atoms with E-state index in [-0.39, 0.29) is 18.5 Å². The molecule has 29 heavy (non-hydrogen) atoms. The van der Waals surface area contributed by atoms with E-state index in [4.69, 9.17) is 16.3 Å². The van der Waals surface area contributed by atoms with Gasteiger partial charge in [0.1, 0.15) is 18.1 Å². The van der Waals surface area contributed by atoms with Crippen molar-refractivity contribution in [3.63, 3.8) is 0 Å². The molecule has 4 rings (SSSR count). The zero-order chi connectivity index (χ0) is 20.4. The van der Waals surface area contributed by atoms with Gasteiger partial charge in [-0.2, -0.15) is 0 Å². The predicted molar refractivity (Wildman–Crippen MR) is 112 cm³/mol. The number of carbonyl (C=O) groups excluding carboxylic acids is 2. The topological polar surface area (TPSA) is 74.2 Å². The molecule has 0 radical (unpaired) electrons. The minimum absolute atomic E-state index is 0.0973. The summed E-state index contributed by atoms with van der Waals surface area (Å²) in [5.41, 5.74) is 2.33. The number of amides is 3. The summed E-state index contributed by atoms with van der Waals surface area (Å²) < 4.78 is 5.20. The standard InChI is InChI=1S/C21H21ClN4O3/c1-29-16-5-2-4-14(10-16)12-24-19(27)13-26-18-11-15(22)6-7-17(18)20-23-8-3-9-25(20)21(26)28/h2,4-7,10-11H,3,8-9,12-13H2,1H3,(H,24,27). The maximum absolute atomic E-state index is 13.1. The quantitative estimate of drug-likeness (QED) is 0.820. The highest BCUT2D eigenvalue weighted by molar-refractivity contribution is 6.31. The first kappa shape index (κ1) is 19.3. The van der Waals surface area contributed by atoms with Crippen LogP contribution in [-0.4, -0.2) is 49.4 Å². The Hall–Kier alpha value is -3.06. The molecule has 1 N–H and O–H groups in total. The van der Waals surface area contributed by atoms with Crippen LogP contribution in [0.25, 0.3) is 0 Å². The average Bonchev–Trinajstić information content (AvgIpc) is 2.75. The second kappa shape index (κ2) is 8.13. The van der Waals surface area contributed by atoms with Crippen LogP contribution in [0.5, 0.6) is 5.75 Å². The molecule has 3 amide bonds. The maximum Gasteiger partial charge on any atom is 0.330 e. The number of nitrogens with zero attached hydrogens (tertiary/aromatic N) is 3. The summed E-state index contributed by atoms with van der Waals surface area (Å²) in [6.07, 6.45) is 0.800. The summed E-state index contributed by atoms with van der Waals surface area (Å²) in [4.78, 5) is 33.3. The molecule has 0 saturated heterocycles. The second-order valence-electron chi connectivity index (χ2n) is 6.87. The lowest BCUT2D eigenvalue weighted by atomic mass is 10.1. The molecule has 0 atom stereocenters. The lowest BCUT2D eigenvalue weighted by molar-refractivity contribution is -0.119. The number of hydrogen-bond acceptors (Lipinski definition) is 4. The molecule has 0 unspecified atom stereocenters. The van der Waals surface area contributed by atoms with Crippen LogP contribution in [0.3, 0.4) is 0 Å². The van der Waals surface area contributed by atoms with Crippen LogP contribution in [0.4, 0.5) is 10.5 Å². The van der Waals surface area contributed by atoms with E-state index in [9.17, 15) is 9.59 Å². The number of nitrogens with one attached hydrogen (secondary N) is 1. The molecule has 7 nitrogen and oxygen atoms in total. The number of halogens is 1. The van der Waals surface area contributed by atoms with Crippen LogP contribution in [0.1, 0.15) is 17.5 Å². The van der Waals surface area contributed by atoms with Crippen LogP contribution in [0.2, 0.25) is 5.02 Å². The van der Waals surface area contributed by atoms with Crippen LogP contribution >= 0.6 is 11.6 Å². The smallest absolute Gasteiger partial charge is 0.330 e. The molecule has 0 spiro atoms. The van der Waals surface area contributed by atoms with Crippen molar-refractivity contribution in [3.05, 3.63) is 58.6 Å². The molecule has 150 valence electrons. The van der Waals surface area contributed by atoms with Gasteiger partial charge < -0.3 is 10.1 Å². The molecule has 2 heterocycles. The largest absolute Gasteiger partial charge is 0.497 e. The third-order valence-corrected chi connectivity index (χ3v) is 5.17. The fourth-order valence-electron chi connectivity index (χ4n) is 3.52. The van der Waals surface area contributed by atoms with E-state index in [2.05, 4.69) is 10.3 Å². The number of hydrogen-bond donors (Lipinski definition) is 1. The highest BCUT2D eigenvalue weighted by Gasteiger charge is 2.37. The zero-order valence-corrected chi connectivity index (χ0v) is 16.8. The monoisotopic (exact) mass is 412 g/mol. The Balaban J connectivity index is 1.53. The van der Waals surface area contributed by atoms with Crippen molar-refractivity contribution in [1.82, 2.24) is 10.2 Å². The van der Waals surface area contributed by atoms with E-state index in [0.717, 1.165) is 23.3 Å². The number of anilines is 1. The molecule has 0 saturated carbocycles. The second-order valence-corrected chi connectivity index (χ2v) is 7.31. The highest BCUT2D eigenvalue weighted by Crippen LogP contribution is 2.32. The van der Waals surface area contributed by atoms with Gasteiger partial charge in [-0.05, 0) is 42.3 Å². The summed E-state index contributed by atoms with van der Waals surface area (Å²) in [6.45, 7) is 1.51. The molecule has 8 heteroatoms. The number of benzene rings is 2. The fraction of sp³-hybridized carbons (Fsp3) is 0.286. The van der Waals surface area contributed by atoms with Gasteiger partial charge in [-0.15, -0.1) is 0 Å². The predicted octanol–water partition coefficient (Wildman–Crippen LogP) is 3.06. The molecular formula is C21H21ClN4O3. The number of fused-ring (bicyclic) bond motifs is 3. The molecule has 0 aliphatic carbocycles. The van der Waals surface area contributed by atoms with Crippen LogP contribution in [0.15, 0.2) is 47.5 Å². The summed E-state index contributed by atoms with van der Waals surface area (Å²) in [7, 11) is 1.60. The first-order valence-electron chi connectivity index (χ1n) is 9.40. The third kappa shape index (κ3) is 3.91. The van der Waals surface area contributed by atoms with Gasteiger partial charge >= 0.3 is 6.03 Å². The Kier molecular flexibility index (Phi) is 5.40. The minimum atomic E-state index is -0.260. The maximum atomic E-state index is 13.1. The van der Waals surface area contributed by atoms with E-state index in [1.807, 2.05) is 30.3 Å². The first-order chi connectivity index (χ1) is 14.1. The van der Waals surface area contributed by atoms with Gasteiger partial charge in [-0.25, -0.2) is 4.79 Å². The van der Waals surface area contributed by atoms with Gasteiger partial charge in [-0.3, -0.25) is 19.6 Å². The normalized spacial score (nSPS) is 15.4. The minimum Gasteiger partial charge on any atom is -0.497 e. The number of ether oxygens (including phenoxy) is 1. The van der Waals surface area contributed by atoms with Gasteiger partial charge in [0.15, 0.2) is 0 Å². The number of rotatable bonds is 5. The van der Waals surface area contributed by atoms with E-state index in [1.54, 1.807) is 24.1 Å². The Morgan fingerprint density at radius 2 is 2.14 bits per heavy atom. The van der Waals surface area contributed by atoms with Crippen molar-refractivity contribution in [2.24, 2.45) is 4.99 Å². The summed E-state index contributed by atoms with van der Waals surface area (Å²) >= 11 is 6.17. The Morgan fingerprint density at radius 3 is 2.97 bits per heavy atom. The van der Waals surface area contributed by atoms with Crippen molar-refractivity contribution in [3.8, 4) is 5.75 Å². The number of amidine groups is 1. The van der Waals surface area contributed by atoms with E-state index >= 15 is 0 Å². The lowest BCUT2D eigenvalue weighted by Crippen LogP contribution is -2.55.